The molecule has 13 heavy (non-hydrogen) atoms. The van der Waals surface area contributed by atoms with Crippen molar-refractivity contribution in [2.45, 2.75) is 0 Å². The topological polar surface area (TPSA) is 17.8 Å². The minimum absolute atomic E-state index is 0.278. The van der Waals surface area contributed by atoms with Crippen molar-refractivity contribution in [2.24, 2.45) is 0 Å². The third-order valence-corrected chi connectivity index (χ3v) is 2.31. The minimum atomic E-state index is 0.278. The molecule has 0 aliphatic carbocycles. The molecule has 2 rings (SSSR count). The second kappa shape index (κ2) is 3.40. The highest BCUT2D eigenvalue weighted by Crippen LogP contribution is 2.20. The Kier molecular flexibility index (Phi) is 2.25. The molecule has 0 N–H and O–H groups in total. The van der Waals surface area contributed by atoms with Crippen molar-refractivity contribution in [3.05, 3.63) is 41.8 Å². The summed E-state index contributed by atoms with van der Waals surface area (Å²) in [7, 11) is 0. The summed E-state index contributed by atoms with van der Waals surface area (Å²) in [5.41, 5.74) is 1.78. The molecule has 2 aromatic rings. The first kappa shape index (κ1) is 8.60. The molecule has 0 saturated carbocycles. The van der Waals surface area contributed by atoms with Crippen LogP contribution in [-0.4, -0.2) is 9.07 Å². The fourth-order valence-corrected chi connectivity index (χ4v) is 1.35. The maximum absolute atomic E-state index is 5.70. The molecule has 1 aromatic carbocycles. The van der Waals surface area contributed by atoms with Gasteiger partial charge in [-0.1, -0.05) is 30.3 Å². The van der Waals surface area contributed by atoms with Crippen LogP contribution in [0.25, 0.3) is 11.3 Å². The summed E-state index contributed by atoms with van der Waals surface area (Å²) in [6.07, 6.45) is 1.68. The number of hydrogen-bond donors (Lipinski definition) is 0. The van der Waals surface area contributed by atoms with E-state index < -0.39 is 0 Å². The van der Waals surface area contributed by atoms with Crippen LogP contribution >= 0.6 is 23.4 Å². The molecular weight excluding hydrogens is 207 g/mol. The van der Waals surface area contributed by atoms with Crippen LogP contribution in [0.3, 0.4) is 0 Å². The molecule has 0 unspecified atom stereocenters. The highest BCUT2D eigenvalue weighted by Gasteiger charge is 2.04. The van der Waals surface area contributed by atoms with E-state index in [2.05, 4.69) is 4.98 Å². The van der Waals surface area contributed by atoms with Crippen LogP contribution in [0.5, 0.6) is 0 Å². The zero-order valence-electron chi connectivity index (χ0n) is 6.61. The predicted octanol–water partition coefficient (Wildman–Crippen LogP) is 3.21. The van der Waals surface area contributed by atoms with Gasteiger partial charge in [-0.15, -0.1) is 0 Å². The van der Waals surface area contributed by atoms with Gasteiger partial charge >= 0.3 is 0 Å². The van der Waals surface area contributed by atoms with E-state index in [1.54, 1.807) is 6.20 Å². The van der Waals surface area contributed by atoms with Crippen molar-refractivity contribution >= 4 is 23.4 Å². The third-order valence-electron chi connectivity index (χ3n) is 1.69. The van der Waals surface area contributed by atoms with E-state index in [4.69, 9.17) is 23.4 Å². The van der Waals surface area contributed by atoms with Crippen LogP contribution in [0.1, 0.15) is 0 Å². The number of benzene rings is 1. The lowest BCUT2D eigenvalue weighted by Crippen LogP contribution is -1.74. The molecule has 0 spiro atoms. The Labute approximate surface area is 85.8 Å². The summed E-state index contributed by atoms with van der Waals surface area (Å²) in [6, 6.07) is 9.74. The SMILES string of the molecule is Clc1nc(-c2ccccc2)cn1Cl. The number of aromatic nitrogens is 2. The number of imidazole rings is 1. The van der Waals surface area contributed by atoms with Crippen molar-refractivity contribution in [1.29, 1.82) is 0 Å². The van der Waals surface area contributed by atoms with Crippen LogP contribution in [0, 0.1) is 0 Å². The normalized spacial score (nSPS) is 10.3. The average molecular weight is 213 g/mol. The molecule has 4 heteroatoms. The van der Waals surface area contributed by atoms with Gasteiger partial charge in [0.1, 0.15) is 0 Å². The van der Waals surface area contributed by atoms with Crippen molar-refractivity contribution in [3.63, 3.8) is 0 Å². The molecule has 2 nitrogen and oxygen atoms in total. The van der Waals surface area contributed by atoms with E-state index in [1.807, 2.05) is 30.3 Å². The van der Waals surface area contributed by atoms with Gasteiger partial charge in [-0.25, -0.2) is 9.07 Å². The minimum Gasteiger partial charge on any atom is -0.231 e. The molecular formula is C9H6Cl2N2. The Morgan fingerprint density at radius 2 is 1.85 bits per heavy atom. The second-order valence-corrected chi connectivity index (χ2v) is 3.27. The highest BCUT2D eigenvalue weighted by molar-refractivity contribution is 6.32. The molecule has 0 atom stereocenters. The number of rotatable bonds is 1. The second-order valence-electron chi connectivity index (χ2n) is 2.57. The first-order valence-corrected chi connectivity index (χ1v) is 4.45. The van der Waals surface area contributed by atoms with Crippen LogP contribution in [0.4, 0.5) is 0 Å². The van der Waals surface area contributed by atoms with Crippen molar-refractivity contribution in [3.8, 4) is 11.3 Å². The lowest BCUT2D eigenvalue weighted by atomic mass is 10.2. The summed E-state index contributed by atoms with van der Waals surface area (Å²) in [5, 5.41) is 0.278. The molecule has 0 aliphatic heterocycles. The van der Waals surface area contributed by atoms with E-state index in [0.717, 1.165) is 11.3 Å². The standard InChI is InChI=1S/C9H6Cl2N2/c10-9-12-8(6-13(9)11)7-4-2-1-3-5-7/h1-6H. The summed E-state index contributed by atoms with van der Waals surface area (Å²) in [5.74, 6) is 0. The Bertz CT molecular complexity index is 389. The van der Waals surface area contributed by atoms with Gasteiger partial charge in [-0.05, 0) is 11.6 Å². The molecule has 0 amide bonds. The highest BCUT2D eigenvalue weighted by atomic mass is 35.5. The summed E-state index contributed by atoms with van der Waals surface area (Å²) >= 11 is 11.4. The smallest absolute Gasteiger partial charge is 0.218 e. The number of halogens is 2. The molecule has 66 valence electrons. The van der Waals surface area contributed by atoms with Gasteiger partial charge in [0.05, 0.1) is 11.9 Å². The largest absolute Gasteiger partial charge is 0.231 e. The summed E-state index contributed by atoms with van der Waals surface area (Å²) in [4.78, 5) is 4.08. The van der Waals surface area contributed by atoms with E-state index in [9.17, 15) is 0 Å². The van der Waals surface area contributed by atoms with Gasteiger partial charge in [0.15, 0.2) is 0 Å². The molecule has 0 fully saturated rings. The Morgan fingerprint density at radius 1 is 1.15 bits per heavy atom. The third kappa shape index (κ3) is 1.69. The molecule has 0 aliphatic rings. The lowest BCUT2D eigenvalue weighted by molar-refractivity contribution is 1.21. The van der Waals surface area contributed by atoms with Crippen molar-refractivity contribution in [1.82, 2.24) is 9.07 Å². The van der Waals surface area contributed by atoms with Gasteiger partial charge in [0, 0.05) is 17.3 Å². The van der Waals surface area contributed by atoms with Crippen LogP contribution in [-0.2, 0) is 0 Å². The lowest BCUT2D eigenvalue weighted by Gasteiger charge is -1.92. The molecule has 0 saturated heterocycles. The van der Waals surface area contributed by atoms with Crippen molar-refractivity contribution < 1.29 is 0 Å². The van der Waals surface area contributed by atoms with Gasteiger partial charge in [-0.2, -0.15) is 0 Å². The quantitative estimate of drug-likeness (QED) is 0.711. The molecule has 0 radical (unpaired) electrons. The Balaban J connectivity index is 2.48. The fraction of sp³-hybridized carbons (Fsp3) is 0. The van der Waals surface area contributed by atoms with Gasteiger partial charge in [-0.3, -0.25) is 0 Å². The van der Waals surface area contributed by atoms with E-state index >= 15 is 0 Å². The van der Waals surface area contributed by atoms with E-state index in [0.29, 0.717) is 0 Å². The van der Waals surface area contributed by atoms with Crippen molar-refractivity contribution in [2.75, 3.05) is 0 Å². The first-order valence-electron chi connectivity index (χ1n) is 3.74. The summed E-state index contributed by atoms with van der Waals surface area (Å²) < 4.78 is 1.27. The molecule has 1 aromatic heterocycles. The molecule has 0 bridgehead atoms. The zero-order chi connectivity index (χ0) is 9.26. The Hall–Kier alpha value is -0.990. The zero-order valence-corrected chi connectivity index (χ0v) is 8.13. The van der Waals surface area contributed by atoms with Gasteiger partial charge in [0.25, 0.3) is 0 Å². The van der Waals surface area contributed by atoms with E-state index in [-0.39, 0.29) is 5.28 Å². The van der Waals surface area contributed by atoms with Gasteiger partial charge in [0.2, 0.25) is 5.28 Å². The maximum atomic E-state index is 5.70. The maximum Gasteiger partial charge on any atom is 0.218 e. The predicted molar refractivity (Wildman–Crippen MR) is 53.9 cm³/mol. The summed E-state index contributed by atoms with van der Waals surface area (Å²) in [6.45, 7) is 0. The first-order chi connectivity index (χ1) is 6.27. The average Bonchev–Trinajstić information content (AvgIpc) is 2.49. The van der Waals surface area contributed by atoms with Crippen LogP contribution < -0.4 is 0 Å². The molecule has 1 heterocycles. The van der Waals surface area contributed by atoms with Crippen LogP contribution in [0.15, 0.2) is 36.5 Å². The number of hydrogen-bond acceptors (Lipinski definition) is 1. The van der Waals surface area contributed by atoms with Crippen LogP contribution in [0.2, 0.25) is 5.28 Å². The Morgan fingerprint density at radius 3 is 2.38 bits per heavy atom. The van der Waals surface area contributed by atoms with Gasteiger partial charge < -0.3 is 0 Å². The number of nitrogens with zero attached hydrogens (tertiary/aromatic N) is 2. The monoisotopic (exact) mass is 212 g/mol. The van der Waals surface area contributed by atoms with E-state index in [1.165, 1.54) is 4.09 Å². The fourth-order valence-electron chi connectivity index (χ4n) is 1.08.